The van der Waals surface area contributed by atoms with Gasteiger partial charge in [0.1, 0.15) is 10.6 Å². The minimum atomic E-state index is -0.295. The third kappa shape index (κ3) is 4.63. The van der Waals surface area contributed by atoms with Gasteiger partial charge in [-0.25, -0.2) is 9.37 Å². The summed E-state index contributed by atoms with van der Waals surface area (Å²) in [6.07, 6.45) is 5.44. The Morgan fingerprint density at radius 3 is 2.94 bits per heavy atom. The number of aromatic nitrogens is 4. The predicted molar refractivity (Wildman–Crippen MR) is 130 cm³/mol. The molecule has 6 nitrogen and oxygen atoms in total. The fourth-order valence-corrected chi connectivity index (χ4v) is 6.01. The topological polar surface area (TPSA) is 64.7 Å². The molecule has 0 saturated carbocycles. The number of aryl methyl sites for hydroxylation is 4. The number of nitrogens with one attached hydrogen (secondary N) is 1. The molecular weight excluding hydrogens is 437 g/mol. The van der Waals surface area contributed by atoms with Gasteiger partial charge in [0.15, 0.2) is 0 Å². The number of nitrogens with zero attached hydrogens (tertiary/aromatic N) is 4. The van der Waals surface area contributed by atoms with E-state index in [0.29, 0.717) is 12.6 Å². The Balaban J connectivity index is 1.26. The van der Waals surface area contributed by atoms with E-state index in [9.17, 15) is 9.18 Å². The summed E-state index contributed by atoms with van der Waals surface area (Å²) in [7, 11) is 0. The van der Waals surface area contributed by atoms with Crippen LogP contribution in [0.4, 0.5) is 4.39 Å². The van der Waals surface area contributed by atoms with Crippen molar-refractivity contribution in [3.8, 4) is 0 Å². The molecule has 3 heterocycles. The van der Waals surface area contributed by atoms with Gasteiger partial charge in [-0.05, 0) is 75.4 Å². The maximum Gasteiger partial charge on any atom is 0.262 e. The van der Waals surface area contributed by atoms with Crippen LogP contribution in [0.2, 0.25) is 0 Å². The molecule has 0 amide bonds. The zero-order valence-electron chi connectivity index (χ0n) is 19.0. The van der Waals surface area contributed by atoms with E-state index in [1.165, 1.54) is 22.7 Å². The van der Waals surface area contributed by atoms with Crippen molar-refractivity contribution >= 4 is 21.6 Å². The maximum atomic E-state index is 13.5. The molecule has 8 heteroatoms. The molecule has 1 aromatic carbocycles. The van der Waals surface area contributed by atoms with Crippen molar-refractivity contribution in [3.63, 3.8) is 0 Å². The number of rotatable bonds is 7. The molecule has 0 aliphatic heterocycles. The van der Waals surface area contributed by atoms with Gasteiger partial charge in [-0.1, -0.05) is 12.1 Å². The first-order valence-corrected chi connectivity index (χ1v) is 12.3. The third-order valence-corrected chi connectivity index (χ3v) is 7.52. The van der Waals surface area contributed by atoms with Crippen LogP contribution in [-0.4, -0.2) is 31.9 Å². The summed E-state index contributed by atoms with van der Waals surface area (Å²) in [6, 6.07) is 8.89. The molecule has 0 saturated heterocycles. The van der Waals surface area contributed by atoms with Crippen molar-refractivity contribution in [2.45, 2.75) is 58.7 Å². The van der Waals surface area contributed by atoms with Crippen molar-refractivity contribution in [3.05, 3.63) is 80.2 Å². The highest BCUT2D eigenvalue weighted by Gasteiger charge is 2.25. The Labute approximate surface area is 196 Å². The lowest BCUT2D eigenvalue weighted by molar-refractivity contribution is 0.441. The number of fused-ring (bicyclic) bond motifs is 3. The van der Waals surface area contributed by atoms with E-state index in [2.05, 4.69) is 33.1 Å². The first-order chi connectivity index (χ1) is 16.0. The summed E-state index contributed by atoms with van der Waals surface area (Å²) in [5.74, 6) is -0.295. The molecule has 3 aromatic heterocycles. The minimum absolute atomic E-state index is 0.0296. The lowest BCUT2D eigenvalue weighted by Gasteiger charge is -2.23. The van der Waals surface area contributed by atoms with Gasteiger partial charge in [-0.2, -0.15) is 5.10 Å². The van der Waals surface area contributed by atoms with Crippen LogP contribution in [0.1, 0.15) is 40.2 Å². The van der Waals surface area contributed by atoms with Gasteiger partial charge in [0.2, 0.25) is 0 Å². The van der Waals surface area contributed by atoms with E-state index < -0.39 is 0 Å². The molecule has 0 spiro atoms. The Morgan fingerprint density at radius 2 is 2.15 bits per heavy atom. The molecule has 1 aliphatic carbocycles. The van der Waals surface area contributed by atoms with Crippen molar-refractivity contribution in [1.82, 2.24) is 24.6 Å². The molecule has 1 atom stereocenters. The van der Waals surface area contributed by atoms with Crippen LogP contribution >= 0.6 is 11.3 Å². The molecule has 0 bridgehead atoms. The molecule has 0 radical (unpaired) electrons. The molecule has 33 heavy (non-hydrogen) atoms. The van der Waals surface area contributed by atoms with E-state index in [0.717, 1.165) is 65.8 Å². The monoisotopic (exact) mass is 465 g/mol. The van der Waals surface area contributed by atoms with Crippen LogP contribution in [-0.2, 0) is 25.9 Å². The second-order valence-corrected chi connectivity index (χ2v) is 9.97. The second kappa shape index (κ2) is 9.19. The fourth-order valence-electron chi connectivity index (χ4n) is 4.76. The molecule has 0 fully saturated rings. The number of benzene rings is 1. The Bertz CT molecular complexity index is 1350. The van der Waals surface area contributed by atoms with Crippen molar-refractivity contribution in [1.29, 1.82) is 0 Å². The number of halogens is 1. The number of hydrogen-bond acceptors (Lipinski definition) is 5. The summed E-state index contributed by atoms with van der Waals surface area (Å²) >= 11 is 1.64. The number of hydrogen-bond donors (Lipinski definition) is 1. The largest absolute Gasteiger partial charge is 0.314 e. The standard InChI is InChI=1S/C25H28FN5OS/c1-16-11-17(2)31(29-16)10-4-9-27-20-7-8-21-22(13-20)33-24-23(21)25(32)30(15-28-24)14-18-5-3-6-19(26)12-18/h3,5-6,11-12,15,20,27H,4,7-10,13-14H2,1-2H3. The van der Waals surface area contributed by atoms with Gasteiger partial charge < -0.3 is 5.32 Å². The second-order valence-electron chi connectivity index (χ2n) is 8.89. The van der Waals surface area contributed by atoms with E-state index in [1.54, 1.807) is 28.3 Å². The summed E-state index contributed by atoms with van der Waals surface area (Å²) in [5.41, 5.74) is 4.15. The normalized spacial score (nSPS) is 15.8. The third-order valence-electron chi connectivity index (χ3n) is 6.36. The zero-order chi connectivity index (χ0) is 22.9. The first-order valence-electron chi connectivity index (χ1n) is 11.5. The van der Waals surface area contributed by atoms with E-state index in [-0.39, 0.29) is 11.4 Å². The molecule has 1 N–H and O–H groups in total. The van der Waals surface area contributed by atoms with Crippen molar-refractivity contribution < 1.29 is 4.39 Å². The van der Waals surface area contributed by atoms with Gasteiger partial charge in [-0.3, -0.25) is 14.0 Å². The molecule has 1 unspecified atom stereocenters. The van der Waals surface area contributed by atoms with Crippen molar-refractivity contribution in [2.24, 2.45) is 0 Å². The molecule has 172 valence electrons. The van der Waals surface area contributed by atoms with Gasteiger partial charge in [-0.15, -0.1) is 11.3 Å². The summed E-state index contributed by atoms with van der Waals surface area (Å²) < 4.78 is 17.2. The molecule has 4 aromatic rings. The fraction of sp³-hybridized carbons (Fsp3) is 0.400. The van der Waals surface area contributed by atoms with Crippen LogP contribution in [0, 0.1) is 19.7 Å². The van der Waals surface area contributed by atoms with Crippen LogP contribution in [0.25, 0.3) is 10.2 Å². The molecule has 1 aliphatic rings. The molecular formula is C25H28FN5OS. The van der Waals surface area contributed by atoms with Crippen LogP contribution < -0.4 is 10.9 Å². The average Bonchev–Trinajstić information content (AvgIpc) is 3.31. The summed E-state index contributed by atoms with van der Waals surface area (Å²) in [6.45, 7) is 6.31. The van der Waals surface area contributed by atoms with E-state index in [4.69, 9.17) is 0 Å². The average molecular weight is 466 g/mol. The highest BCUT2D eigenvalue weighted by Crippen LogP contribution is 2.33. The Morgan fingerprint density at radius 1 is 1.27 bits per heavy atom. The summed E-state index contributed by atoms with van der Waals surface area (Å²) in [5, 5.41) is 8.97. The lowest BCUT2D eigenvalue weighted by Crippen LogP contribution is -2.35. The van der Waals surface area contributed by atoms with Crippen LogP contribution in [0.15, 0.2) is 41.5 Å². The first kappa shape index (κ1) is 22.0. The number of thiophene rings is 1. The Hall–Kier alpha value is -2.84. The van der Waals surface area contributed by atoms with Crippen molar-refractivity contribution in [2.75, 3.05) is 6.54 Å². The highest BCUT2D eigenvalue weighted by molar-refractivity contribution is 7.18. The SMILES string of the molecule is Cc1cc(C)n(CCCNC2CCc3c(sc4ncn(Cc5cccc(F)c5)c(=O)c34)C2)n1. The minimum Gasteiger partial charge on any atom is -0.314 e. The highest BCUT2D eigenvalue weighted by atomic mass is 32.1. The summed E-state index contributed by atoms with van der Waals surface area (Å²) in [4.78, 5) is 19.9. The Kier molecular flexibility index (Phi) is 6.12. The van der Waals surface area contributed by atoms with Crippen LogP contribution in [0.3, 0.4) is 0 Å². The maximum absolute atomic E-state index is 13.5. The van der Waals surface area contributed by atoms with Crippen LogP contribution in [0.5, 0.6) is 0 Å². The van der Waals surface area contributed by atoms with E-state index >= 15 is 0 Å². The smallest absolute Gasteiger partial charge is 0.262 e. The van der Waals surface area contributed by atoms with Gasteiger partial charge in [0.05, 0.1) is 24.0 Å². The lowest BCUT2D eigenvalue weighted by atomic mass is 9.93. The van der Waals surface area contributed by atoms with Gasteiger partial charge >= 0.3 is 0 Å². The quantitative estimate of drug-likeness (QED) is 0.419. The zero-order valence-corrected chi connectivity index (χ0v) is 19.8. The van der Waals surface area contributed by atoms with Gasteiger partial charge in [0.25, 0.3) is 5.56 Å². The van der Waals surface area contributed by atoms with E-state index in [1.807, 2.05) is 13.0 Å². The predicted octanol–water partition coefficient (Wildman–Crippen LogP) is 4.00. The van der Waals surface area contributed by atoms with Gasteiger partial charge in [0, 0.05) is 23.2 Å². The molecule has 5 rings (SSSR count).